The van der Waals surface area contributed by atoms with Crippen LogP contribution in [0.5, 0.6) is 11.5 Å². The SMILES string of the molecule is CCOc1cccc(C(=O)NC(=S)Nc2nc(-c3ccc(OC)cc3)cs2)c1. The summed E-state index contributed by atoms with van der Waals surface area (Å²) in [5, 5.41) is 8.30. The Morgan fingerprint density at radius 2 is 1.96 bits per heavy atom. The smallest absolute Gasteiger partial charge is 0.257 e. The highest BCUT2D eigenvalue weighted by atomic mass is 32.1. The van der Waals surface area contributed by atoms with Gasteiger partial charge in [0.15, 0.2) is 10.2 Å². The van der Waals surface area contributed by atoms with Gasteiger partial charge in [-0.1, -0.05) is 6.07 Å². The predicted octanol–water partition coefficient (Wildman–Crippen LogP) is 4.34. The Labute approximate surface area is 172 Å². The molecule has 0 saturated heterocycles. The van der Waals surface area contributed by atoms with E-state index in [2.05, 4.69) is 15.6 Å². The van der Waals surface area contributed by atoms with Gasteiger partial charge in [-0.2, -0.15) is 0 Å². The van der Waals surface area contributed by atoms with Crippen LogP contribution in [0.2, 0.25) is 0 Å². The first-order valence-electron chi connectivity index (χ1n) is 8.54. The number of nitrogens with one attached hydrogen (secondary N) is 2. The highest BCUT2D eigenvalue weighted by Gasteiger charge is 2.11. The summed E-state index contributed by atoms with van der Waals surface area (Å²) in [5.74, 6) is 1.11. The average molecular weight is 414 g/mol. The minimum Gasteiger partial charge on any atom is -0.497 e. The summed E-state index contributed by atoms with van der Waals surface area (Å²) in [5.41, 5.74) is 2.25. The number of methoxy groups -OCH3 is 1. The molecule has 1 aromatic heterocycles. The molecule has 0 aliphatic rings. The Balaban J connectivity index is 1.61. The highest BCUT2D eigenvalue weighted by molar-refractivity contribution is 7.80. The largest absolute Gasteiger partial charge is 0.497 e. The van der Waals surface area contributed by atoms with Gasteiger partial charge in [-0.05, 0) is 61.6 Å². The van der Waals surface area contributed by atoms with Crippen molar-refractivity contribution in [2.24, 2.45) is 0 Å². The fourth-order valence-corrected chi connectivity index (χ4v) is 3.40. The number of aromatic nitrogens is 1. The number of carbonyl (C=O) groups excluding carboxylic acids is 1. The van der Waals surface area contributed by atoms with Crippen LogP contribution in [0.1, 0.15) is 17.3 Å². The lowest BCUT2D eigenvalue weighted by Gasteiger charge is -2.08. The maximum absolute atomic E-state index is 12.4. The number of thiocarbonyl (C=S) groups is 1. The zero-order chi connectivity index (χ0) is 19.9. The van der Waals surface area contributed by atoms with E-state index < -0.39 is 0 Å². The Kier molecular flexibility index (Phi) is 6.57. The van der Waals surface area contributed by atoms with Gasteiger partial charge < -0.3 is 14.8 Å². The molecule has 0 atom stereocenters. The van der Waals surface area contributed by atoms with E-state index >= 15 is 0 Å². The molecule has 0 bridgehead atoms. The quantitative estimate of drug-likeness (QED) is 0.586. The van der Waals surface area contributed by atoms with E-state index in [4.69, 9.17) is 21.7 Å². The summed E-state index contributed by atoms with van der Waals surface area (Å²) in [6.07, 6.45) is 0. The number of ether oxygens (including phenoxy) is 2. The van der Waals surface area contributed by atoms with E-state index in [0.29, 0.717) is 23.1 Å². The molecule has 0 aliphatic heterocycles. The lowest BCUT2D eigenvalue weighted by Crippen LogP contribution is -2.34. The summed E-state index contributed by atoms with van der Waals surface area (Å²) < 4.78 is 10.6. The van der Waals surface area contributed by atoms with Gasteiger partial charge in [0, 0.05) is 16.5 Å². The van der Waals surface area contributed by atoms with Gasteiger partial charge in [-0.15, -0.1) is 11.3 Å². The van der Waals surface area contributed by atoms with E-state index in [0.717, 1.165) is 17.0 Å². The van der Waals surface area contributed by atoms with Gasteiger partial charge in [0.25, 0.3) is 5.91 Å². The van der Waals surface area contributed by atoms with Crippen molar-refractivity contribution in [2.45, 2.75) is 6.92 Å². The number of nitrogens with zero attached hydrogens (tertiary/aromatic N) is 1. The third-order valence-corrected chi connectivity index (χ3v) is 4.71. The molecule has 0 unspecified atom stereocenters. The molecular weight excluding hydrogens is 394 g/mol. The van der Waals surface area contributed by atoms with Crippen LogP contribution < -0.4 is 20.1 Å². The van der Waals surface area contributed by atoms with E-state index in [1.54, 1.807) is 31.4 Å². The Hall–Kier alpha value is -2.97. The van der Waals surface area contributed by atoms with Gasteiger partial charge in [0.2, 0.25) is 0 Å². The molecule has 28 heavy (non-hydrogen) atoms. The second-order valence-electron chi connectivity index (χ2n) is 5.64. The van der Waals surface area contributed by atoms with Crippen LogP contribution in [0.25, 0.3) is 11.3 Å². The molecule has 2 N–H and O–H groups in total. The van der Waals surface area contributed by atoms with Gasteiger partial charge in [0.1, 0.15) is 11.5 Å². The molecule has 8 heteroatoms. The minimum absolute atomic E-state index is 0.183. The van der Waals surface area contributed by atoms with Gasteiger partial charge in [-0.25, -0.2) is 4.98 Å². The maximum atomic E-state index is 12.4. The molecule has 6 nitrogen and oxygen atoms in total. The molecule has 0 radical (unpaired) electrons. The van der Waals surface area contributed by atoms with Crippen LogP contribution >= 0.6 is 23.6 Å². The lowest BCUT2D eigenvalue weighted by atomic mass is 10.2. The first-order chi connectivity index (χ1) is 13.6. The monoisotopic (exact) mass is 413 g/mol. The Bertz CT molecular complexity index is 971. The van der Waals surface area contributed by atoms with Crippen molar-refractivity contribution in [3.05, 3.63) is 59.5 Å². The molecule has 3 aromatic rings. The molecule has 1 heterocycles. The summed E-state index contributed by atoms with van der Waals surface area (Å²) in [6, 6.07) is 14.6. The van der Waals surface area contributed by atoms with E-state index in [1.807, 2.05) is 36.6 Å². The number of amides is 1. The van der Waals surface area contributed by atoms with Crippen molar-refractivity contribution in [2.75, 3.05) is 19.0 Å². The predicted molar refractivity (Wildman–Crippen MR) is 115 cm³/mol. The van der Waals surface area contributed by atoms with Gasteiger partial charge in [0.05, 0.1) is 19.4 Å². The lowest BCUT2D eigenvalue weighted by molar-refractivity contribution is 0.0977. The third kappa shape index (κ3) is 5.05. The number of rotatable bonds is 6. The molecule has 144 valence electrons. The van der Waals surface area contributed by atoms with Crippen LogP contribution in [0.4, 0.5) is 5.13 Å². The summed E-state index contributed by atoms with van der Waals surface area (Å²) in [4.78, 5) is 16.9. The zero-order valence-corrected chi connectivity index (χ0v) is 17.0. The number of thiazole rings is 1. The van der Waals surface area contributed by atoms with Crippen molar-refractivity contribution in [1.82, 2.24) is 10.3 Å². The molecule has 3 rings (SSSR count). The molecule has 0 spiro atoms. The molecule has 0 fully saturated rings. The average Bonchev–Trinajstić information content (AvgIpc) is 3.16. The molecule has 1 amide bonds. The number of benzene rings is 2. The number of carbonyl (C=O) groups is 1. The summed E-state index contributed by atoms with van der Waals surface area (Å²) >= 11 is 6.63. The van der Waals surface area contributed by atoms with Crippen molar-refractivity contribution in [3.63, 3.8) is 0 Å². The van der Waals surface area contributed by atoms with Crippen molar-refractivity contribution in [3.8, 4) is 22.8 Å². The molecule has 0 aliphatic carbocycles. The second-order valence-corrected chi connectivity index (χ2v) is 6.90. The van der Waals surface area contributed by atoms with Crippen LogP contribution in [0.3, 0.4) is 0 Å². The van der Waals surface area contributed by atoms with E-state index in [9.17, 15) is 4.79 Å². The van der Waals surface area contributed by atoms with Crippen LogP contribution in [-0.4, -0.2) is 29.7 Å². The normalized spacial score (nSPS) is 10.2. The maximum Gasteiger partial charge on any atom is 0.257 e. The standard InChI is InChI=1S/C20H19N3O3S2/c1-3-26-16-6-4-5-14(11-16)18(24)22-19(27)23-20-21-17(12-28-20)13-7-9-15(25-2)10-8-13/h4-12H,3H2,1-2H3,(H2,21,22,23,24,27). The van der Waals surface area contributed by atoms with E-state index in [-0.39, 0.29) is 11.0 Å². The number of hydrogen-bond donors (Lipinski definition) is 2. The number of anilines is 1. The number of hydrogen-bond acceptors (Lipinski definition) is 6. The topological polar surface area (TPSA) is 72.5 Å². The Morgan fingerprint density at radius 1 is 1.18 bits per heavy atom. The Morgan fingerprint density at radius 3 is 2.68 bits per heavy atom. The minimum atomic E-state index is -0.314. The first kappa shape index (κ1) is 19.8. The van der Waals surface area contributed by atoms with Crippen LogP contribution in [-0.2, 0) is 0 Å². The summed E-state index contributed by atoms with van der Waals surface area (Å²) in [7, 11) is 1.63. The van der Waals surface area contributed by atoms with Crippen LogP contribution in [0, 0.1) is 0 Å². The highest BCUT2D eigenvalue weighted by Crippen LogP contribution is 2.26. The fourth-order valence-electron chi connectivity index (χ4n) is 2.42. The van der Waals surface area contributed by atoms with Crippen molar-refractivity contribution >= 4 is 39.7 Å². The molecular formula is C20H19N3O3S2. The zero-order valence-electron chi connectivity index (χ0n) is 15.4. The first-order valence-corrected chi connectivity index (χ1v) is 9.83. The van der Waals surface area contributed by atoms with Crippen molar-refractivity contribution < 1.29 is 14.3 Å². The van der Waals surface area contributed by atoms with Crippen LogP contribution in [0.15, 0.2) is 53.9 Å². The van der Waals surface area contributed by atoms with Gasteiger partial charge >= 0.3 is 0 Å². The third-order valence-electron chi connectivity index (χ3n) is 3.74. The van der Waals surface area contributed by atoms with Gasteiger partial charge in [-0.3, -0.25) is 10.1 Å². The fraction of sp³-hybridized carbons (Fsp3) is 0.150. The molecule has 2 aromatic carbocycles. The molecule has 0 saturated carbocycles. The van der Waals surface area contributed by atoms with E-state index in [1.165, 1.54) is 11.3 Å². The summed E-state index contributed by atoms with van der Waals surface area (Å²) in [6.45, 7) is 2.42. The second kappa shape index (κ2) is 9.29. The van der Waals surface area contributed by atoms with Crippen molar-refractivity contribution in [1.29, 1.82) is 0 Å².